The first-order chi connectivity index (χ1) is 10.8. The highest BCUT2D eigenvalue weighted by Crippen LogP contribution is 2.19. The second kappa shape index (κ2) is 7.95. The molecule has 0 aliphatic rings. The molecule has 0 atom stereocenters. The SMILES string of the molecule is CNC(=O)/C(=N\Nc1cc(C(C)=O)ccc1C(=O)CO)C(C)=O. The summed E-state index contributed by atoms with van der Waals surface area (Å²) < 4.78 is 0. The molecular weight excluding hydrogens is 302 g/mol. The molecule has 0 fully saturated rings. The summed E-state index contributed by atoms with van der Waals surface area (Å²) in [7, 11) is 1.35. The molecule has 3 N–H and O–H groups in total. The lowest BCUT2D eigenvalue weighted by molar-refractivity contribution is -0.117. The minimum absolute atomic E-state index is 0.0843. The number of anilines is 1. The second-order valence-electron chi connectivity index (χ2n) is 4.61. The van der Waals surface area contributed by atoms with Crippen molar-refractivity contribution in [2.24, 2.45) is 5.10 Å². The minimum atomic E-state index is -0.729. The number of hydrogen-bond donors (Lipinski definition) is 3. The van der Waals surface area contributed by atoms with E-state index in [4.69, 9.17) is 5.11 Å². The van der Waals surface area contributed by atoms with E-state index in [1.165, 1.54) is 39.1 Å². The average molecular weight is 319 g/mol. The lowest BCUT2D eigenvalue weighted by Crippen LogP contribution is -2.33. The Bertz CT molecular complexity index is 694. The van der Waals surface area contributed by atoms with Gasteiger partial charge in [-0.15, -0.1) is 0 Å². The molecule has 0 bridgehead atoms. The molecule has 0 heterocycles. The van der Waals surface area contributed by atoms with Crippen molar-refractivity contribution in [3.63, 3.8) is 0 Å². The Labute approximate surface area is 132 Å². The first-order valence-corrected chi connectivity index (χ1v) is 6.67. The molecule has 122 valence electrons. The highest BCUT2D eigenvalue weighted by molar-refractivity contribution is 6.65. The number of aliphatic hydroxyl groups excluding tert-OH is 1. The maximum Gasteiger partial charge on any atom is 0.275 e. The summed E-state index contributed by atoms with van der Waals surface area (Å²) in [6, 6.07) is 4.15. The normalized spacial score (nSPS) is 10.9. The molecule has 0 aliphatic carbocycles. The van der Waals surface area contributed by atoms with Crippen LogP contribution in [0.1, 0.15) is 34.6 Å². The van der Waals surface area contributed by atoms with Gasteiger partial charge in [0, 0.05) is 25.1 Å². The molecular formula is C15H17N3O5. The monoisotopic (exact) mass is 319 g/mol. The fraction of sp³-hybridized carbons (Fsp3) is 0.267. The Balaban J connectivity index is 3.30. The van der Waals surface area contributed by atoms with Gasteiger partial charge in [0.25, 0.3) is 5.91 Å². The fourth-order valence-corrected chi connectivity index (χ4v) is 1.71. The van der Waals surface area contributed by atoms with Crippen LogP contribution in [0.25, 0.3) is 0 Å². The topological polar surface area (TPSA) is 125 Å². The Morgan fingerprint density at radius 1 is 1.17 bits per heavy atom. The zero-order chi connectivity index (χ0) is 17.6. The van der Waals surface area contributed by atoms with Crippen molar-refractivity contribution in [3.8, 4) is 0 Å². The number of aliphatic hydroxyl groups is 1. The number of nitrogens with zero attached hydrogens (tertiary/aromatic N) is 1. The lowest BCUT2D eigenvalue weighted by Gasteiger charge is -2.10. The van der Waals surface area contributed by atoms with Gasteiger partial charge < -0.3 is 10.4 Å². The summed E-state index contributed by atoms with van der Waals surface area (Å²) in [4.78, 5) is 46.1. The quantitative estimate of drug-likeness (QED) is 0.285. The fourth-order valence-electron chi connectivity index (χ4n) is 1.71. The van der Waals surface area contributed by atoms with Crippen LogP contribution < -0.4 is 10.7 Å². The Morgan fingerprint density at radius 2 is 1.83 bits per heavy atom. The van der Waals surface area contributed by atoms with Crippen molar-refractivity contribution in [2.45, 2.75) is 13.8 Å². The number of carbonyl (C=O) groups is 4. The summed E-state index contributed by atoms with van der Waals surface area (Å²) in [6.07, 6.45) is 0. The van der Waals surface area contributed by atoms with Gasteiger partial charge in [0.2, 0.25) is 0 Å². The molecule has 0 spiro atoms. The Kier molecular flexibility index (Phi) is 6.28. The van der Waals surface area contributed by atoms with Crippen LogP contribution >= 0.6 is 0 Å². The number of rotatable bonds is 7. The third kappa shape index (κ3) is 4.55. The third-order valence-electron chi connectivity index (χ3n) is 2.93. The van der Waals surface area contributed by atoms with Crippen molar-refractivity contribution in [2.75, 3.05) is 19.1 Å². The number of amides is 1. The van der Waals surface area contributed by atoms with Gasteiger partial charge in [0.1, 0.15) is 6.61 Å². The first kappa shape index (κ1) is 18.2. The molecule has 0 unspecified atom stereocenters. The van der Waals surface area contributed by atoms with Crippen LogP contribution in [-0.4, -0.2) is 47.7 Å². The zero-order valence-electron chi connectivity index (χ0n) is 13.0. The Hall–Kier alpha value is -2.87. The summed E-state index contributed by atoms with van der Waals surface area (Å²) in [5.41, 5.74) is 2.56. The van der Waals surface area contributed by atoms with Gasteiger partial charge in [0.05, 0.1) is 5.69 Å². The molecule has 1 aromatic rings. The van der Waals surface area contributed by atoms with Gasteiger partial charge >= 0.3 is 0 Å². The molecule has 8 nitrogen and oxygen atoms in total. The standard InChI is InChI=1S/C15H17N3O5/c1-8(20)10-4-5-11(13(22)7-19)12(6-10)17-18-14(9(2)21)15(23)16-3/h4-6,17,19H,7H2,1-3H3,(H,16,23)/b18-14-. The maximum atomic E-state index is 11.7. The molecule has 0 saturated carbocycles. The van der Waals surface area contributed by atoms with Crippen LogP contribution in [0.2, 0.25) is 0 Å². The van der Waals surface area contributed by atoms with Crippen molar-refractivity contribution in [3.05, 3.63) is 29.3 Å². The van der Waals surface area contributed by atoms with Crippen molar-refractivity contribution < 1.29 is 24.3 Å². The van der Waals surface area contributed by atoms with E-state index in [-0.39, 0.29) is 22.7 Å². The molecule has 23 heavy (non-hydrogen) atoms. The molecule has 1 aromatic carbocycles. The largest absolute Gasteiger partial charge is 0.388 e. The number of nitrogens with one attached hydrogen (secondary N) is 2. The van der Waals surface area contributed by atoms with Gasteiger partial charge in [-0.1, -0.05) is 6.07 Å². The van der Waals surface area contributed by atoms with Gasteiger partial charge in [-0.05, 0) is 19.1 Å². The molecule has 1 amide bonds. The van der Waals surface area contributed by atoms with Gasteiger partial charge in [-0.25, -0.2) is 0 Å². The van der Waals surface area contributed by atoms with Crippen LogP contribution in [0.4, 0.5) is 5.69 Å². The van der Waals surface area contributed by atoms with Gasteiger partial charge in [-0.3, -0.25) is 24.6 Å². The summed E-state index contributed by atoms with van der Waals surface area (Å²) in [5, 5.41) is 15.0. The summed E-state index contributed by atoms with van der Waals surface area (Å²) >= 11 is 0. The first-order valence-electron chi connectivity index (χ1n) is 6.67. The number of hydrazone groups is 1. The number of benzene rings is 1. The van der Waals surface area contributed by atoms with E-state index >= 15 is 0 Å². The van der Waals surface area contributed by atoms with Crippen molar-refractivity contribution in [1.82, 2.24) is 5.32 Å². The Morgan fingerprint density at radius 3 is 2.30 bits per heavy atom. The van der Waals surface area contributed by atoms with Gasteiger partial charge in [0.15, 0.2) is 23.1 Å². The predicted octanol–water partition coefficient (Wildman–Crippen LogP) is 0.167. The molecule has 0 aromatic heterocycles. The smallest absolute Gasteiger partial charge is 0.275 e. The number of Topliss-reactive ketones (excluding diaryl/α,β-unsaturated/α-hetero) is 3. The predicted molar refractivity (Wildman–Crippen MR) is 83.7 cm³/mol. The summed E-state index contributed by atoms with van der Waals surface area (Å²) in [6.45, 7) is 1.79. The van der Waals surface area contributed by atoms with E-state index in [2.05, 4.69) is 15.8 Å². The van der Waals surface area contributed by atoms with E-state index in [1.54, 1.807) is 0 Å². The molecule has 0 radical (unpaired) electrons. The van der Waals surface area contributed by atoms with E-state index in [9.17, 15) is 19.2 Å². The number of hydrogen-bond acceptors (Lipinski definition) is 7. The molecule has 0 aliphatic heterocycles. The van der Waals surface area contributed by atoms with Crippen LogP contribution in [0, 0.1) is 0 Å². The lowest BCUT2D eigenvalue weighted by atomic mass is 10.0. The van der Waals surface area contributed by atoms with E-state index in [1.807, 2.05) is 0 Å². The van der Waals surface area contributed by atoms with E-state index in [0.29, 0.717) is 5.56 Å². The van der Waals surface area contributed by atoms with Gasteiger partial charge in [-0.2, -0.15) is 5.10 Å². The van der Waals surface area contributed by atoms with Crippen LogP contribution in [0.15, 0.2) is 23.3 Å². The highest BCUT2D eigenvalue weighted by Gasteiger charge is 2.17. The van der Waals surface area contributed by atoms with E-state index in [0.717, 1.165) is 0 Å². The van der Waals surface area contributed by atoms with Crippen LogP contribution in [0.3, 0.4) is 0 Å². The highest BCUT2D eigenvalue weighted by atomic mass is 16.3. The number of ketones is 3. The van der Waals surface area contributed by atoms with E-state index < -0.39 is 24.1 Å². The molecule has 8 heteroatoms. The number of carbonyl (C=O) groups excluding carboxylic acids is 4. The zero-order valence-corrected chi connectivity index (χ0v) is 13.0. The third-order valence-corrected chi connectivity index (χ3v) is 2.93. The van der Waals surface area contributed by atoms with Crippen LogP contribution in [0.5, 0.6) is 0 Å². The maximum absolute atomic E-state index is 11.7. The summed E-state index contributed by atoms with van der Waals surface area (Å²) in [5.74, 6) is -2.10. The second-order valence-corrected chi connectivity index (χ2v) is 4.61. The van der Waals surface area contributed by atoms with Crippen LogP contribution in [-0.2, 0) is 9.59 Å². The molecule has 1 rings (SSSR count). The van der Waals surface area contributed by atoms with Crippen molar-refractivity contribution >= 4 is 34.7 Å². The molecule has 0 saturated heterocycles. The average Bonchev–Trinajstić information content (AvgIpc) is 2.53. The van der Waals surface area contributed by atoms with Crippen molar-refractivity contribution in [1.29, 1.82) is 0 Å². The minimum Gasteiger partial charge on any atom is -0.388 e.